The maximum atomic E-state index is 12.5. The van der Waals surface area contributed by atoms with Gasteiger partial charge in [0, 0.05) is 6.92 Å². The minimum atomic E-state index is -1.80. The molecule has 0 aliphatic carbocycles. The van der Waals surface area contributed by atoms with Crippen LogP contribution in [0, 0.1) is 0 Å². The number of aliphatic hydroxyl groups excluding tert-OH is 3. The Bertz CT molecular complexity index is 851. The average molecular weight is 461 g/mol. The number of aliphatic carboxylic acids is 1. The second-order valence-electron chi connectivity index (χ2n) is 6.69. The summed E-state index contributed by atoms with van der Waals surface area (Å²) in [5.74, 6) is -2.67. The molecule has 32 heavy (non-hydrogen) atoms. The third kappa shape index (κ3) is 7.08. The molecule has 0 bridgehead atoms. The van der Waals surface area contributed by atoms with Crippen molar-refractivity contribution in [2.24, 2.45) is 0 Å². The molecule has 1 aromatic carbocycles. The summed E-state index contributed by atoms with van der Waals surface area (Å²) in [7, 11) is 1.41. The number of carbonyl (C=O) groups is 3. The van der Waals surface area contributed by atoms with Gasteiger partial charge in [0.15, 0.2) is 0 Å². The fourth-order valence-electron chi connectivity index (χ4n) is 3.05. The third-order valence-electron chi connectivity index (χ3n) is 4.48. The number of para-hydroxylation sites is 2. The quantitative estimate of drug-likeness (QED) is 0.205. The summed E-state index contributed by atoms with van der Waals surface area (Å²) in [6.45, 7) is 0.306. The van der Waals surface area contributed by atoms with Gasteiger partial charge in [-0.05, 0) is 18.2 Å². The van der Waals surface area contributed by atoms with Gasteiger partial charge in [0.25, 0.3) is 0 Å². The van der Waals surface area contributed by atoms with Gasteiger partial charge < -0.3 is 50.6 Å². The molecule has 1 aliphatic heterocycles. The molecular weight excluding hydrogens is 437 g/mol. The van der Waals surface area contributed by atoms with Crippen LogP contribution in [-0.4, -0.2) is 77.3 Å². The fourth-order valence-corrected chi connectivity index (χ4v) is 3.05. The molecule has 5 atom stereocenters. The number of amides is 3. The Morgan fingerprint density at radius 1 is 1.22 bits per heavy atom. The van der Waals surface area contributed by atoms with Crippen LogP contribution in [-0.2, 0) is 14.3 Å². The van der Waals surface area contributed by atoms with Crippen molar-refractivity contribution >= 4 is 23.6 Å². The van der Waals surface area contributed by atoms with Gasteiger partial charge in [-0.3, -0.25) is 4.79 Å². The molecule has 0 saturated carbocycles. The monoisotopic (exact) mass is 461 g/mol. The SMILES string of the molecule is COc1ccccc1NC(=O)N[C@H]1C=C(C(=O)[O-])O[C@@H]([C@H](O)[C@H](O)CO)[C@@H]1NC(C)=O.[Na+]. The van der Waals surface area contributed by atoms with Gasteiger partial charge >= 0.3 is 35.6 Å². The summed E-state index contributed by atoms with van der Waals surface area (Å²) in [6, 6.07) is 3.37. The van der Waals surface area contributed by atoms with E-state index >= 15 is 0 Å². The molecule has 0 unspecified atom stereocenters. The van der Waals surface area contributed by atoms with Crippen LogP contribution in [0.5, 0.6) is 5.75 Å². The Morgan fingerprint density at radius 2 is 1.88 bits per heavy atom. The van der Waals surface area contributed by atoms with Crippen molar-refractivity contribution in [3.8, 4) is 5.75 Å². The number of anilines is 1. The Labute approximate surface area is 205 Å². The van der Waals surface area contributed by atoms with E-state index < -0.39 is 60.7 Å². The first-order valence-electron chi connectivity index (χ1n) is 9.22. The van der Waals surface area contributed by atoms with E-state index in [4.69, 9.17) is 14.6 Å². The van der Waals surface area contributed by atoms with E-state index in [-0.39, 0.29) is 29.6 Å². The molecule has 0 fully saturated rings. The normalized spacial score (nSPS) is 21.5. The van der Waals surface area contributed by atoms with E-state index in [9.17, 15) is 29.7 Å². The van der Waals surface area contributed by atoms with Gasteiger partial charge in [-0.1, -0.05) is 12.1 Å². The number of hydrogen-bond acceptors (Lipinski definition) is 9. The molecule has 6 N–H and O–H groups in total. The molecule has 170 valence electrons. The first-order chi connectivity index (χ1) is 14.7. The summed E-state index contributed by atoms with van der Waals surface area (Å²) < 4.78 is 10.3. The van der Waals surface area contributed by atoms with Crippen LogP contribution in [0.1, 0.15) is 6.92 Å². The van der Waals surface area contributed by atoms with Crippen LogP contribution in [0.25, 0.3) is 0 Å². The van der Waals surface area contributed by atoms with E-state index in [1.54, 1.807) is 24.3 Å². The Kier molecular flexibility index (Phi) is 10.9. The number of carboxylic acids is 1. The largest absolute Gasteiger partial charge is 1.00 e. The molecule has 2 rings (SSSR count). The first kappa shape index (κ1) is 27.7. The molecule has 0 saturated heterocycles. The zero-order chi connectivity index (χ0) is 23.1. The summed E-state index contributed by atoms with van der Waals surface area (Å²) in [6.07, 6.45) is -4.04. The van der Waals surface area contributed by atoms with Crippen LogP contribution >= 0.6 is 0 Å². The number of carboxylic acid groups (broad SMARTS) is 1. The summed E-state index contributed by atoms with van der Waals surface area (Å²) in [4.78, 5) is 35.6. The maximum Gasteiger partial charge on any atom is 1.00 e. The number of hydrogen-bond donors (Lipinski definition) is 6. The maximum absolute atomic E-state index is 12.5. The molecule has 13 heteroatoms. The van der Waals surface area contributed by atoms with Gasteiger partial charge in [-0.15, -0.1) is 0 Å². The molecule has 1 aromatic rings. The second kappa shape index (κ2) is 12.6. The molecular formula is C19H24N3NaO9. The average Bonchev–Trinajstić information content (AvgIpc) is 2.73. The van der Waals surface area contributed by atoms with Crippen LogP contribution in [0.3, 0.4) is 0 Å². The number of ether oxygens (including phenoxy) is 2. The van der Waals surface area contributed by atoms with Crippen LogP contribution in [0.15, 0.2) is 36.1 Å². The molecule has 12 nitrogen and oxygen atoms in total. The summed E-state index contributed by atoms with van der Waals surface area (Å²) in [5, 5.41) is 48.0. The van der Waals surface area contributed by atoms with E-state index in [2.05, 4.69) is 16.0 Å². The Morgan fingerprint density at radius 3 is 2.44 bits per heavy atom. The Hall–Kier alpha value is -2.35. The zero-order valence-electron chi connectivity index (χ0n) is 17.8. The molecule has 1 aliphatic rings. The number of rotatable bonds is 8. The van der Waals surface area contributed by atoms with E-state index in [0.29, 0.717) is 11.4 Å². The summed E-state index contributed by atoms with van der Waals surface area (Å²) >= 11 is 0. The van der Waals surface area contributed by atoms with Gasteiger partial charge in [0.1, 0.15) is 35.8 Å². The third-order valence-corrected chi connectivity index (χ3v) is 4.48. The number of methoxy groups -OCH3 is 1. The molecule has 0 spiro atoms. The zero-order valence-corrected chi connectivity index (χ0v) is 19.8. The van der Waals surface area contributed by atoms with Crippen molar-refractivity contribution in [1.29, 1.82) is 0 Å². The van der Waals surface area contributed by atoms with Gasteiger partial charge in [0.2, 0.25) is 5.91 Å². The van der Waals surface area contributed by atoms with Crippen molar-refractivity contribution in [2.45, 2.75) is 37.3 Å². The van der Waals surface area contributed by atoms with E-state index in [1.807, 2.05) is 0 Å². The minimum Gasteiger partial charge on any atom is -0.542 e. The number of nitrogens with one attached hydrogen (secondary N) is 3. The van der Waals surface area contributed by atoms with E-state index in [1.165, 1.54) is 7.11 Å². The van der Waals surface area contributed by atoms with Crippen molar-refractivity contribution in [1.82, 2.24) is 10.6 Å². The predicted octanol–water partition coefficient (Wildman–Crippen LogP) is -5.56. The van der Waals surface area contributed by atoms with Crippen LogP contribution < -0.4 is 55.4 Å². The molecule has 1 heterocycles. The fraction of sp³-hybridized carbons (Fsp3) is 0.421. The van der Waals surface area contributed by atoms with Crippen molar-refractivity contribution < 1.29 is 73.8 Å². The standard InChI is InChI=1S/C19H25N3O9.Na/c1-9(24)20-15-11(22-19(29)21-10-5-3-4-6-13(10)30-2)7-14(18(27)28)31-17(15)16(26)12(25)8-23;/h3-7,11-12,15-17,23,25-26H,8H2,1-2H3,(H,20,24)(H,27,28)(H2,21,22,29);/q;+1/p-1/t11-,12+,15+,16+,17+;/m0./s1. The number of urea groups is 1. The number of aliphatic hydroxyl groups is 3. The van der Waals surface area contributed by atoms with Crippen LogP contribution in [0.4, 0.5) is 10.5 Å². The minimum absolute atomic E-state index is 0. The van der Waals surface area contributed by atoms with Crippen molar-refractivity contribution in [2.75, 3.05) is 19.0 Å². The Balaban J connectivity index is 0.00000512. The molecule has 3 amide bonds. The van der Waals surface area contributed by atoms with Crippen molar-refractivity contribution in [3.63, 3.8) is 0 Å². The summed E-state index contributed by atoms with van der Waals surface area (Å²) in [5.41, 5.74) is 0.321. The van der Waals surface area contributed by atoms with E-state index in [0.717, 1.165) is 13.0 Å². The smallest absolute Gasteiger partial charge is 0.542 e. The second-order valence-corrected chi connectivity index (χ2v) is 6.69. The molecule has 0 radical (unpaired) electrons. The van der Waals surface area contributed by atoms with Gasteiger partial charge in [0.05, 0.1) is 31.5 Å². The molecule has 0 aromatic heterocycles. The predicted molar refractivity (Wildman–Crippen MR) is 104 cm³/mol. The first-order valence-corrected chi connectivity index (χ1v) is 9.22. The van der Waals surface area contributed by atoms with Crippen molar-refractivity contribution in [3.05, 3.63) is 36.1 Å². The number of carbonyl (C=O) groups excluding carboxylic acids is 3. The van der Waals surface area contributed by atoms with Crippen LogP contribution in [0.2, 0.25) is 0 Å². The topological polar surface area (TPSA) is 190 Å². The van der Waals surface area contributed by atoms with Gasteiger partial charge in [-0.25, -0.2) is 4.79 Å². The number of benzene rings is 1. The van der Waals surface area contributed by atoms with Gasteiger partial charge in [-0.2, -0.15) is 0 Å².